The molecule has 2 aromatic rings. The molecule has 23 heavy (non-hydrogen) atoms. The summed E-state index contributed by atoms with van der Waals surface area (Å²) < 4.78 is 7.05. The number of halogens is 1. The van der Waals surface area contributed by atoms with Gasteiger partial charge in [0.1, 0.15) is 0 Å². The molecule has 0 aliphatic carbocycles. The fraction of sp³-hybridized carbons (Fsp3) is 0.375. The number of benzene rings is 1. The molecule has 3 N–H and O–H groups in total. The number of aromatic nitrogens is 2. The number of hydrogen-bond donors (Lipinski definition) is 2. The molecule has 1 aliphatic rings. The Labute approximate surface area is 141 Å². The van der Waals surface area contributed by atoms with Crippen LogP contribution in [0.15, 0.2) is 42.7 Å². The number of nitrogens with one attached hydrogen (secondary N) is 1. The number of ether oxygens (including phenoxy) is 1. The highest BCUT2D eigenvalue weighted by molar-refractivity contribution is 5.95. The Morgan fingerprint density at radius 3 is 2.83 bits per heavy atom. The normalized spacial score (nSPS) is 16.4. The van der Waals surface area contributed by atoms with E-state index in [1.165, 1.54) is 0 Å². The first-order valence-corrected chi connectivity index (χ1v) is 7.48. The van der Waals surface area contributed by atoms with Gasteiger partial charge in [-0.1, -0.05) is 6.07 Å². The van der Waals surface area contributed by atoms with Crippen molar-refractivity contribution in [3.05, 3.63) is 42.7 Å². The maximum absolute atomic E-state index is 12.3. The number of rotatable bonds is 4. The van der Waals surface area contributed by atoms with Gasteiger partial charge in [-0.2, -0.15) is 5.10 Å². The number of anilines is 1. The average molecular weight is 337 g/mol. The van der Waals surface area contributed by atoms with Crippen LogP contribution < -0.4 is 11.1 Å². The van der Waals surface area contributed by atoms with E-state index in [4.69, 9.17) is 10.5 Å². The number of amides is 1. The number of hydrogen-bond acceptors (Lipinski definition) is 4. The SMILES string of the molecule is Cl.NC(C(=O)Nc1cccc(-n2cccn2)c1)C1CCOCC1. The Morgan fingerprint density at radius 2 is 2.13 bits per heavy atom. The molecule has 1 atom stereocenters. The summed E-state index contributed by atoms with van der Waals surface area (Å²) in [4.78, 5) is 12.3. The van der Waals surface area contributed by atoms with E-state index in [2.05, 4.69) is 10.4 Å². The largest absolute Gasteiger partial charge is 0.381 e. The maximum atomic E-state index is 12.3. The van der Waals surface area contributed by atoms with Gasteiger partial charge in [0, 0.05) is 31.3 Å². The fourth-order valence-corrected chi connectivity index (χ4v) is 2.66. The van der Waals surface area contributed by atoms with Crippen LogP contribution in [0.5, 0.6) is 0 Å². The van der Waals surface area contributed by atoms with Crippen LogP contribution >= 0.6 is 12.4 Å². The molecular formula is C16H21ClN4O2. The van der Waals surface area contributed by atoms with Crippen molar-refractivity contribution >= 4 is 24.0 Å². The second-order valence-corrected chi connectivity index (χ2v) is 5.47. The molecule has 0 radical (unpaired) electrons. The summed E-state index contributed by atoms with van der Waals surface area (Å²) in [6.45, 7) is 1.36. The minimum Gasteiger partial charge on any atom is -0.381 e. The van der Waals surface area contributed by atoms with E-state index in [-0.39, 0.29) is 24.2 Å². The van der Waals surface area contributed by atoms with E-state index in [9.17, 15) is 4.79 Å². The standard InChI is InChI=1S/C16H20N4O2.ClH/c17-15(12-5-9-22-10-6-12)16(21)19-13-3-1-4-14(11-13)20-8-2-7-18-20;/h1-4,7-8,11-12,15H,5-6,9-10,17H2,(H,19,21);1H. The summed E-state index contributed by atoms with van der Waals surface area (Å²) in [5.41, 5.74) is 7.70. The zero-order valence-corrected chi connectivity index (χ0v) is 13.5. The molecule has 1 unspecified atom stereocenters. The van der Waals surface area contributed by atoms with E-state index in [0.29, 0.717) is 13.2 Å². The fourth-order valence-electron chi connectivity index (χ4n) is 2.66. The van der Waals surface area contributed by atoms with Crippen LogP contribution in [-0.2, 0) is 9.53 Å². The molecule has 1 saturated heterocycles. The molecule has 1 aromatic heterocycles. The second kappa shape index (κ2) is 8.10. The van der Waals surface area contributed by atoms with Crippen molar-refractivity contribution in [3.63, 3.8) is 0 Å². The van der Waals surface area contributed by atoms with Gasteiger partial charge in [0.05, 0.1) is 11.7 Å². The molecule has 124 valence electrons. The summed E-state index contributed by atoms with van der Waals surface area (Å²) in [6, 6.07) is 8.89. The van der Waals surface area contributed by atoms with E-state index >= 15 is 0 Å². The van der Waals surface area contributed by atoms with Crippen LogP contribution in [0.3, 0.4) is 0 Å². The highest BCUT2D eigenvalue weighted by Gasteiger charge is 2.26. The summed E-state index contributed by atoms with van der Waals surface area (Å²) in [5.74, 6) is 0.0348. The molecule has 6 nitrogen and oxygen atoms in total. The predicted octanol–water partition coefficient (Wildman–Crippen LogP) is 1.99. The van der Waals surface area contributed by atoms with Crippen LogP contribution in [0.4, 0.5) is 5.69 Å². The summed E-state index contributed by atoms with van der Waals surface area (Å²) in [5, 5.41) is 7.08. The average Bonchev–Trinajstić information content (AvgIpc) is 3.10. The molecule has 1 amide bonds. The van der Waals surface area contributed by atoms with E-state index in [1.54, 1.807) is 10.9 Å². The smallest absolute Gasteiger partial charge is 0.241 e. The van der Waals surface area contributed by atoms with Gasteiger partial charge in [-0.05, 0) is 43.0 Å². The maximum Gasteiger partial charge on any atom is 0.241 e. The Kier molecular flexibility index (Phi) is 6.15. The van der Waals surface area contributed by atoms with Gasteiger partial charge in [-0.15, -0.1) is 12.4 Å². The topological polar surface area (TPSA) is 82.2 Å². The minimum absolute atomic E-state index is 0. The first kappa shape index (κ1) is 17.5. The van der Waals surface area contributed by atoms with Gasteiger partial charge in [0.2, 0.25) is 5.91 Å². The Morgan fingerprint density at radius 1 is 1.35 bits per heavy atom. The van der Waals surface area contributed by atoms with Crippen molar-refractivity contribution < 1.29 is 9.53 Å². The van der Waals surface area contributed by atoms with Gasteiger partial charge in [-0.25, -0.2) is 4.68 Å². The second-order valence-electron chi connectivity index (χ2n) is 5.47. The Hall–Kier alpha value is -1.89. The number of nitrogens with zero attached hydrogens (tertiary/aromatic N) is 2. The van der Waals surface area contributed by atoms with Crippen molar-refractivity contribution in [1.29, 1.82) is 0 Å². The highest BCUT2D eigenvalue weighted by atomic mass is 35.5. The van der Waals surface area contributed by atoms with Crippen molar-refractivity contribution in [2.45, 2.75) is 18.9 Å². The zero-order chi connectivity index (χ0) is 15.4. The molecule has 1 fully saturated rings. The van der Waals surface area contributed by atoms with Crippen molar-refractivity contribution in [2.24, 2.45) is 11.7 Å². The molecular weight excluding hydrogens is 316 g/mol. The van der Waals surface area contributed by atoms with Gasteiger partial charge >= 0.3 is 0 Å². The van der Waals surface area contributed by atoms with Crippen molar-refractivity contribution in [1.82, 2.24) is 9.78 Å². The van der Waals surface area contributed by atoms with E-state index < -0.39 is 6.04 Å². The summed E-state index contributed by atoms with van der Waals surface area (Å²) >= 11 is 0. The highest BCUT2D eigenvalue weighted by Crippen LogP contribution is 2.19. The molecule has 0 saturated carbocycles. The number of carbonyl (C=O) groups excluding carboxylic acids is 1. The summed E-state index contributed by atoms with van der Waals surface area (Å²) in [7, 11) is 0. The first-order chi connectivity index (χ1) is 10.7. The molecule has 7 heteroatoms. The quantitative estimate of drug-likeness (QED) is 0.894. The van der Waals surface area contributed by atoms with Crippen LogP contribution in [-0.4, -0.2) is 34.9 Å². The lowest BCUT2D eigenvalue weighted by Gasteiger charge is -2.26. The van der Waals surface area contributed by atoms with E-state index in [0.717, 1.165) is 24.2 Å². The van der Waals surface area contributed by atoms with Crippen LogP contribution in [0.25, 0.3) is 5.69 Å². The number of nitrogens with two attached hydrogens (primary N) is 1. The zero-order valence-electron chi connectivity index (χ0n) is 12.7. The molecule has 0 spiro atoms. The van der Waals surface area contributed by atoms with Crippen LogP contribution in [0.2, 0.25) is 0 Å². The van der Waals surface area contributed by atoms with Crippen molar-refractivity contribution in [3.8, 4) is 5.69 Å². The lowest BCUT2D eigenvalue weighted by atomic mass is 9.92. The number of carbonyl (C=O) groups is 1. The Bertz CT molecular complexity index is 627. The molecule has 0 bridgehead atoms. The lowest BCUT2D eigenvalue weighted by molar-refractivity contribution is -0.119. The first-order valence-electron chi connectivity index (χ1n) is 7.48. The van der Waals surface area contributed by atoms with Gasteiger partial charge in [0.15, 0.2) is 0 Å². The molecule has 3 rings (SSSR count). The molecule has 1 aliphatic heterocycles. The Balaban J connectivity index is 0.00000192. The summed E-state index contributed by atoms with van der Waals surface area (Å²) in [6.07, 6.45) is 5.24. The van der Waals surface area contributed by atoms with E-state index in [1.807, 2.05) is 36.5 Å². The van der Waals surface area contributed by atoms with Gasteiger partial charge < -0.3 is 15.8 Å². The van der Waals surface area contributed by atoms with Crippen LogP contribution in [0.1, 0.15) is 12.8 Å². The molecule has 2 heterocycles. The minimum atomic E-state index is -0.503. The van der Waals surface area contributed by atoms with Crippen LogP contribution in [0, 0.1) is 5.92 Å². The molecule has 1 aromatic carbocycles. The van der Waals surface area contributed by atoms with Gasteiger partial charge in [-0.3, -0.25) is 4.79 Å². The monoisotopic (exact) mass is 336 g/mol. The third kappa shape index (κ3) is 4.31. The van der Waals surface area contributed by atoms with Crippen molar-refractivity contribution in [2.75, 3.05) is 18.5 Å². The third-order valence-corrected chi connectivity index (χ3v) is 3.96. The van der Waals surface area contributed by atoms with Gasteiger partial charge in [0.25, 0.3) is 0 Å². The lowest BCUT2D eigenvalue weighted by Crippen LogP contribution is -2.44. The third-order valence-electron chi connectivity index (χ3n) is 3.96. The predicted molar refractivity (Wildman–Crippen MR) is 91.0 cm³/mol.